The Morgan fingerprint density at radius 2 is 2.38 bits per heavy atom. The molecule has 1 N–H and O–H groups in total. The number of rotatable bonds is 2. The van der Waals surface area contributed by atoms with Gasteiger partial charge in [-0.15, -0.1) is 0 Å². The summed E-state index contributed by atoms with van der Waals surface area (Å²) in [7, 11) is 1.68. The van der Waals surface area contributed by atoms with Crippen LogP contribution in [0, 0.1) is 5.92 Å². The van der Waals surface area contributed by atoms with Gasteiger partial charge in [-0.2, -0.15) is 0 Å². The van der Waals surface area contributed by atoms with Crippen LogP contribution in [0.3, 0.4) is 0 Å². The number of hydrogen-bond donors (Lipinski definition) is 1. The number of nitrogens with zero attached hydrogens (tertiary/aromatic N) is 1. The van der Waals surface area contributed by atoms with E-state index in [1.54, 1.807) is 13.3 Å². The molecule has 1 aromatic rings. The predicted octanol–water partition coefficient (Wildman–Crippen LogP) is 1.86. The summed E-state index contributed by atoms with van der Waals surface area (Å²) in [4.78, 5) is 4.21. The number of hydrogen-bond acceptors (Lipinski definition) is 3. The van der Waals surface area contributed by atoms with Gasteiger partial charge in [0.15, 0.2) is 0 Å². The zero-order chi connectivity index (χ0) is 11.0. The standard InChI is InChI=1S/C13H16N2O/c1-16-12-4-11(6-14-8-12)9-2-3-10-7-15-13(10)5-9/h4-6,8,10,13,15H,2-3,7H2,1H3/t10-,13-/m1/s1. The molecule has 16 heavy (non-hydrogen) atoms. The zero-order valence-electron chi connectivity index (χ0n) is 9.44. The lowest BCUT2D eigenvalue weighted by Gasteiger charge is -2.40. The van der Waals surface area contributed by atoms with Crippen LogP contribution >= 0.6 is 0 Å². The highest BCUT2D eigenvalue weighted by molar-refractivity contribution is 5.67. The molecule has 1 aliphatic carbocycles. The number of fused-ring (bicyclic) bond motifs is 1. The van der Waals surface area contributed by atoms with Crippen molar-refractivity contribution in [3.63, 3.8) is 0 Å². The molecule has 84 valence electrons. The molecule has 0 bridgehead atoms. The Morgan fingerprint density at radius 3 is 3.06 bits per heavy atom. The van der Waals surface area contributed by atoms with Gasteiger partial charge in [0.05, 0.1) is 13.3 Å². The largest absolute Gasteiger partial charge is 0.495 e. The molecule has 1 aliphatic heterocycles. The van der Waals surface area contributed by atoms with E-state index in [1.807, 2.05) is 6.20 Å². The van der Waals surface area contributed by atoms with E-state index in [0.29, 0.717) is 6.04 Å². The van der Waals surface area contributed by atoms with E-state index in [9.17, 15) is 0 Å². The van der Waals surface area contributed by atoms with Crippen molar-refractivity contribution < 1.29 is 4.74 Å². The molecular formula is C13H16N2O. The van der Waals surface area contributed by atoms with Gasteiger partial charge in [-0.05, 0) is 36.0 Å². The van der Waals surface area contributed by atoms with Crippen molar-refractivity contribution in [2.75, 3.05) is 13.7 Å². The van der Waals surface area contributed by atoms with Crippen LogP contribution in [-0.4, -0.2) is 24.7 Å². The summed E-state index contributed by atoms with van der Waals surface area (Å²) in [6, 6.07) is 2.66. The molecule has 1 saturated heterocycles. The molecule has 0 unspecified atom stereocenters. The molecule has 0 spiro atoms. The monoisotopic (exact) mass is 216 g/mol. The molecule has 2 aliphatic rings. The maximum absolute atomic E-state index is 5.20. The minimum Gasteiger partial charge on any atom is -0.495 e. The first-order valence-electron chi connectivity index (χ1n) is 5.80. The third-order valence-electron chi connectivity index (χ3n) is 3.61. The highest BCUT2D eigenvalue weighted by atomic mass is 16.5. The Kier molecular flexibility index (Phi) is 2.40. The van der Waals surface area contributed by atoms with E-state index in [4.69, 9.17) is 4.74 Å². The Hall–Kier alpha value is -1.35. The smallest absolute Gasteiger partial charge is 0.137 e. The Labute approximate surface area is 95.5 Å². The quantitative estimate of drug-likeness (QED) is 0.819. The maximum Gasteiger partial charge on any atom is 0.137 e. The van der Waals surface area contributed by atoms with Crippen LogP contribution in [0.2, 0.25) is 0 Å². The van der Waals surface area contributed by atoms with Gasteiger partial charge in [0.1, 0.15) is 5.75 Å². The van der Waals surface area contributed by atoms with Gasteiger partial charge in [0.2, 0.25) is 0 Å². The molecule has 3 heteroatoms. The summed E-state index contributed by atoms with van der Waals surface area (Å²) < 4.78 is 5.20. The highest BCUT2D eigenvalue weighted by Gasteiger charge is 2.31. The third-order valence-corrected chi connectivity index (χ3v) is 3.61. The molecule has 3 nitrogen and oxygen atoms in total. The molecule has 2 atom stereocenters. The van der Waals surface area contributed by atoms with Crippen molar-refractivity contribution in [2.45, 2.75) is 18.9 Å². The van der Waals surface area contributed by atoms with Gasteiger partial charge in [0, 0.05) is 18.8 Å². The molecule has 0 radical (unpaired) electrons. The van der Waals surface area contributed by atoms with Crippen LogP contribution in [0.4, 0.5) is 0 Å². The normalized spacial score (nSPS) is 27.7. The zero-order valence-corrected chi connectivity index (χ0v) is 9.44. The summed E-state index contributed by atoms with van der Waals surface area (Å²) in [5, 5.41) is 3.45. The van der Waals surface area contributed by atoms with Crippen molar-refractivity contribution in [2.24, 2.45) is 5.92 Å². The predicted molar refractivity (Wildman–Crippen MR) is 63.3 cm³/mol. The average Bonchev–Trinajstić information content (AvgIpc) is 2.31. The second-order valence-corrected chi connectivity index (χ2v) is 4.54. The molecular weight excluding hydrogens is 200 g/mol. The van der Waals surface area contributed by atoms with Crippen LogP contribution in [0.1, 0.15) is 18.4 Å². The lowest BCUT2D eigenvalue weighted by molar-refractivity contribution is 0.256. The fourth-order valence-corrected chi connectivity index (χ4v) is 2.48. The summed E-state index contributed by atoms with van der Waals surface area (Å²) >= 11 is 0. The Morgan fingerprint density at radius 1 is 1.44 bits per heavy atom. The van der Waals surface area contributed by atoms with E-state index >= 15 is 0 Å². The second-order valence-electron chi connectivity index (χ2n) is 4.54. The molecule has 1 fully saturated rings. The second kappa shape index (κ2) is 3.91. The summed E-state index contributed by atoms with van der Waals surface area (Å²) in [6.45, 7) is 1.19. The van der Waals surface area contributed by atoms with Crippen LogP contribution in [-0.2, 0) is 0 Å². The fraction of sp³-hybridized carbons (Fsp3) is 0.462. The molecule has 0 saturated carbocycles. The lowest BCUT2D eigenvalue weighted by atomic mass is 9.79. The number of aromatic nitrogens is 1. The van der Waals surface area contributed by atoms with Gasteiger partial charge >= 0.3 is 0 Å². The first kappa shape index (κ1) is 9.85. The minimum absolute atomic E-state index is 0.593. The Balaban J connectivity index is 1.88. The van der Waals surface area contributed by atoms with Crippen LogP contribution in [0.25, 0.3) is 5.57 Å². The molecule has 1 aromatic heterocycles. The fourth-order valence-electron chi connectivity index (χ4n) is 2.48. The van der Waals surface area contributed by atoms with Gasteiger partial charge in [-0.1, -0.05) is 6.08 Å². The van der Waals surface area contributed by atoms with E-state index in [0.717, 1.165) is 18.1 Å². The van der Waals surface area contributed by atoms with Gasteiger partial charge < -0.3 is 10.1 Å². The summed E-state index contributed by atoms with van der Waals surface area (Å²) in [6.07, 6.45) is 8.48. The van der Waals surface area contributed by atoms with Crippen molar-refractivity contribution in [3.8, 4) is 5.75 Å². The van der Waals surface area contributed by atoms with Crippen LogP contribution in [0.15, 0.2) is 24.5 Å². The third kappa shape index (κ3) is 1.61. The van der Waals surface area contributed by atoms with E-state index in [2.05, 4.69) is 22.4 Å². The number of methoxy groups -OCH3 is 1. The SMILES string of the molecule is COc1cncc(C2=C[C@H]3NC[C@H]3CC2)c1. The van der Waals surface area contributed by atoms with Gasteiger partial charge in [-0.25, -0.2) is 0 Å². The number of nitrogens with one attached hydrogen (secondary N) is 1. The summed E-state index contributed by atoms with van der Waals surface area (Å²) in [5.74, 6) is 1.70. The summed E-state index contributed by atoms with van der Waals surface area (Å²) in [5.41, 5.74) is 2.60. The molecule has 2 heterocycles. The minimum atomic E-state index is 0.593. The highest BCUT2D eigenvalue weighted by Crippen LogP contribution is 2.34. The average molecular weight is 216 g/mol. The number of ether oxygens (including phenoxy) is 1. The number of pyridine rings is 1. The van der Waals surface area contributed by atoms with Crippen molar-refractivity contribution >= 4 is 5.57 Å². The van der Waals surface area contributed by atoms with Crippen LogP contribution in [0.5, 0.6) is 5.75 Å². The van der Waals surface area contributed by atoms with Gasteiger partial charge in [-0.3, -0.25) is 4.98 Å². The lowest BCUT2D eigenvalue weighted by Crippen LogP contribution is -2.52. The van der Waals surface area contributed by atoms with Gasteiger partial charge in [0.25, 0.3) is 0 Å². The maximum atomic E-state index is 5.20. The van der Waals surface area contributed by atoms with E-state index in [1.165, 1.54) is 24.1 Å². The molecule has 0 aromatic carbocycles. The van der Waals surface area contributed by atoms with Crippen molar-refractivity contribution in [1.82, 2.24) is 10.3 Å². The molecule has 0 amide bonds. The topological polar surface area (TPSA) is 34.1 Å². The van der Waals surface area contributed by atoms with E-state index < -0.39 is 0 Å². The first-order valence-corrected chi connectivity index (χ1v) is 5.80. The number of allylic oxidation sites excluding steroid dienone is 1. The van der Waals surface area contributed by atoms with Crippen molar-refractivity contribution in [3.05, 3.63) is 30.1 Å². The Bertz CT molecular complexity index is 428. The van der Waals surface area contributed by atoms with Crippen LogP contribution < -0.4 is 10.1 Å². The molecule has 3 rings (SSSR count). The first-order chi connectivity index (χ1) is 7.86. The van der Waals surface area contributed by atoms with Crippen molar-refractivity contribution in [1.29, 1.82) is 0 Å². The van der Waals surface area contributed by atoms with E-state index in [-0.39, 0.29) is 0 Å².